The Morgan fingerprint density at radius 2 is 1.54 bits per heavy atom. The maximum absolute atomic E-state index is 12.9. The zero-order chi connectivity index (χ0) is 17.8. The number of carboxylic acids is 1. The van der Waals surface area contributed by atoms with E-state index in [0.29, 0.717) is 30.6 Å². The van der Waals surface area contributed by atoms with E-state index < -0.39 is 5.97 Å². The van der Waals surface area contributed by atoms with E-state index in [9.17, 15) is 9.59 Å². The summed E-state index contributed by atoms with van der Waals surface area (Å²) in [5.74, 6) is -0.442. The van der Waals surface area contributed by atoms with Gasteiger partial charge >= 0.3 is 5.97 Å². The topological polar surface area (TPSA) is 64.1 Å². The Morgan fingerprint density at radius 1 is 0.923 bits per heavy atom. The number of amides is 1. The number of carbonyl (C=O) groups excluding carboxylic acids is 1. The molecule has 1 atom stereocenters. The van der Waals surface area contributed by atoms with Gasteiger partial charge in [0.1, 0.15) is 0 Å². The van der Waals surface area contributed by atoms with Crippen molar-refractivity contribution >= 4 is 24.3 Å². The zero-order valence-electron chi connectivity index (χ0n) is 15.9. The molecule has 6 nitrogen and oxygen atoms in total. The van der Waals surface area contributed by atoms with Gasteiger partial charge in [0.15, 0.2) is 0 Å². The van der Waals surface area contributed by atoms with Crippen molar-refractivity contribution in [1.29, 1.82) is 0 Å². The molecule has 1 N–H and O–H groups in total. The molecular weight excluding hydrogens is 354 g/mol. The fourth-order valence-corrected chi connectivity index (χ4v) is 4.59. The molecule has 0 bridgehead atoms. The summed E-state index contributed by atoms with van der Waals surface area (Å²) in [7, 11) is 1.90. The first-order valence-corrected chi connectivity index (χ1v) is 10.00. The van der Waals surface area contributed by atoms with Crippen LogP contribution >= 0.6 is 12.4 Å². The van der Waals surface area contributed by atoms with Crippen molar-refractivity contribution < 1.29 is 14.7 Å². The highest BCUT2D eigenvalue weighted by atomic mass is 35.5. The van der Waals surface area contributed by atoms with Crippen molar-refractivity contribution in [1.82, 2.24) is 14.7 Å². The zero-order valence-corrected chi connectivity index (χ0v) is 16.8. The summed E-state index contributed by atoms with van der Waals surface area (Å²) in [4.78, 5) is 30.3. The van der Waals surface area contributed by atoms with E-state index in [1.165, 1.54) is 38.5 Å². The van der Waals surface area contributed by atoms with Crippen molar-refractivity contribution in [2.45, 2.75) is 75.9 Å². The van der Waals surface area contributed by atoms with E-state index in [0.717, 1.165) is 32.4 Å². The SMILES string of the molecule is CN(CC(=O)O)C1CCCN(CC(=O)N(C2CCCC2)C2CC2)CC1.Cl. The largest absolute Gasteiger partial charge is 0.480 e. The second kappa shape index (κ2) is 9.90. The molecular formula is C19H34ClN3O3. The minimum absolute atomic E-state index is 0. The molecule has 1 aliphatic heterocycles. The van der Waals surface area contributed by atoms with E-state index in [-0.39, 0.29) is 19.0 Å². The van der Waals surface area contributed by atoms with Gasteiger partial charge in [-0.3, -0.25) is 19.4 Å². The van der Waals surface area contributed by atoms with Crippen molar-refractivity contribution in [2.24, 2.45) is 0 Å². The molecule has 1 saturated heterocycles. The van der Waals surface area contributed by atoms with Crippen LogP contribution in [0.3, 0.4) is 0 Å². The van der Waals surface area contributed by atoms with Gasteiger partial charge in [-0.15, -0.1) is 12.4 Å². The fourth-order valence-electron chi connectivity index (χ4n) is 4.59. The number of likely N-dealkylation sites (N-methyl/N-ethyl adjacent to an activating group) is 1. The van der Waals surface area contributed by atoms with Gasteiger partial charge < -0.3 is 10.0 Å². The molecule has 1 heterocycles. The van der Waals surface area contributed by atoms with E-state index in [4.69, 9.17) is 5.11 Å². The van der Waals surface area contributed by atoms with Gasteiger partial charge in [-0.05, 0) is 58.5 Å². The molecule has 3 aliphatic rings. The average molecular weight is 388 g/mol. The molecule has 1 amide bonds. The van der Waals surface area contributed by atoms with Gasteiger partial charge in [-0.2, -0.15) is 0 Å². The number of halogens is 1. The van der Waals surface area contributed by atoms with E-state index in [2.05, 4.69) is 9.80 Å². The number of likely N-dealkylation sites (tertiary alicyclic amines) is 1. The lowest BCUT2D eigenvalue weighted by molar-refractivity contribution is -0.138. The average Bonchev–Trinajstić information content (AvgIpc) is 3.28. The number of hydrogen-bond acceptors (Lipinski definition) is 4. The van der Waals surface area contributed by atoms with Crippen LogP contribution < -0.4 is 0 Å². The molecule has 0 aromatic heterocycles. The van der Waals surface area contributed by atoms with Crippen molar-refractivity contribution in [2.75, 3.05) is 33.2 Å². The maximum atomic E-state index is 12.9. The Labute approximate surface area is 163 Å². The molecule has 2 aliphatic carbocycles. The molecule has 0 radical (unpaired) electrons. The monoisotopic (exact) mass is 387 g/mol. The van der Waals surface area contributed by atoms with Crippen LogP contribution in [0.2, 0.25) is 0 Å². The normalized spacial score (nSPS) is 24.9. The molecule has 0 aromatic rings. The van der Waals surface area contributed by atoms with E-state index in [1.54, 1.807) is 0 Å². The quantitative estimate of drug-likeness (QED) is 0.725. The molecule has 150 valence electrons. The predicted molar refractivity (Wildman–Crippen MR) is 104 cm³/mol. The molecule has 0 spiro atoms. The third-order valence-corrected chi connectivity index (χ3v) is 6.10. The number of aliphatic carboxylic acids is 1. The lowest BCUT2D eigenvalue weighted by atomic mass is 10.1. The molecule has 3 fully saturated rings. The summed E-state index contributed by atoms with van der Waals surface area (Å²) in [6.07, 6.45) is 10.3. The van der Waals surface area contributed by atoms with Crippen LogP contribution in [0.15, 0.2) is 0 Å². The van der Waals surface area contributed by atoms with Crippen molar-refractivity contribution in [3.05, 3.63) is 0 Å². The van der Waals surface area contributed by atoms with Crippen molar-refractivity contribution in [3.63, 3.8) is 0 Å². The standard InChI is InChI=1S/C19H33N3O3.ClH/c1-20(14-19(24)25)15-7-4-11-21(12-10-15)13-18(23)22(17-8-9-17)16-5-2-3-6-16;/h15-17H,2-14H2,1H3,(H,24,25);1H. The molecule has 26 heavy (non-hydrogen) atoms. The number of rotatable bonds is 7. The summed E-state index contributed by atoms with van der Waals surface area (Å²) < 4.78 is 0. The van der Waals surface area contributed by atoms with Crippen LogP contribution in [-0.4, -0.2) is 83.0 Å². The van der Waals surface area contributed by atoms with Gasteiger partial charge in [0.25, 0.3) is 0 Å². The summed E-state index contributed by atoms with van der Waals surface area (Å²) in [6.45, 7) is 2.49. The minimum Gasteiger partial charge on any atom is -0.480 e. The number of carboxylic acid groups (broad SMARTS) is 1. The number of hydrogen-bond donors (Lipinski definition) is 1. The first kappa shape index (κ1) is 21.5. The third kappa shape index (κ3) is 5.83. The van der Waals surface area contributed by atoms with Gasteiger partial charge in [-0.1, -0.05) is 12.8 Å². The Balaban J connectivity index is 0.00000243. The predicted octanol–water partition coefficient (Wildman–Crippen LogP) is 2.21. The second-order valence-corrected chi connectivity index (χ2v) is 8.14. The van der Waals surface area contributed by atoms with Crippen LogP contribution in [0.4, 0.5) is 0 Å². The Hall–Kier alpha value is -0.850. The highest BCUT2D eigenvalue weighted by Gasteiger charge is 2.38. The van der Waals surface area contributed by atoms with Crippen LogP contribution in [0.1, 0.15) is 57.8 Å². The lowest BCUT2D eigenvalue weighted by Gasteiger charge is -2.31. The summed E-state index contributed by atoms with van der Waals surface area (Å²) >= 11 is 0. The molecule has 1 unspecified atom stereocenters. The minimum atomic E-state index is -0.768. The summed E-state index contributed by atoms with van der Waals surface area (Å²) in [5, 5.41) is 8.98. The van der Waals surface area contributed by atoms with Gasteiger partial charge in [0, 0.05) is 24.7 Å². The van der Waals surface area contributed by atoms with Gasteiger partial charge in [0.2, 0.25) is 5.91 Å². The smallest absolute Gasteiger partial charge is 0.317 e. The molecule has 3 rings (SSSR count). The van der Waals surface area contributed by atoms with Crippen LogP contribution in [-0.2, 0) is 9.59 Å². The van der Waals surface area contributed by atoms with Gasteiger partial charge in [0.05, 0.1) is 13.1 Å². The Kier molecular flexibility index (Phi) is 8.17. The first-order chi connectivity index (χ1) is 12.0. The van der Waals surface area contributed by atoms with Crippen molar-refractivity contribution in [3.8, 4) is 0 Å². The van der Waals surface area contributed by atoms with Crippen LogP contribution in [0, 0.1) is 0 Å². The highest BCUT2D eigenvalue weighted by Crippen LogP contribution is 2.34. The van der Waals surface area contributed by atoms with Crippen LogP contribution in [0.5, 0.6) is 0 Å². The number of carbonyl (C=O) groups is 2. The Morgan fingerprint density at radius 3 is 2.15 bits per heavy atom. The molecule has 0 aromatic carbocycles. The van der Waals surface area contributed by atoms with E-state index >= 15 is 0 Å². The highest BCUT2D eigenvalue weighted by molar-refractivity contribution is 5.85. The first-order valence-electron chi connectivity index (χ1n) is 10.00. The number of nitrogens with zero attached hydrogens (tertiary/aromatic N) is 3. The van der Waals surface area contributed by atoms with Gasteiger partial charge in [-0.25, -0.2) is 0 Å². The van der Waals surface area contributed by atoms with E-state index in [1.807, 2.05) is 11.9 Å². The summed E-state index contributed by atoms with van der Waals surface area (Å²) in [6, 6.07) is 1.31. The summed E-state index contributed by atoms with van der Waals surface area (Å²) in [5.41, 5.74) is 0. The molecule has 2 saturated carbocycles. The fraction of sp³-hybridized carbons (Fsp3) is 0.895. The Bertz CT molecular complexity index is 481. The second-order valence-electron chi connectivity index (χ2n) is 8.14. The third-order valence-electron chi connectivity index (χ3n) is 6.10. The maximum Gasteiger partial charge on any atom is 0.317 e. The molecule has 7 heteroatoms. The lowest BCUT2D eigenvalue weighted by Crippen LogP contribution is -2.46. The van der Waals surface area contributed by atoms with Crippen LogP contribution in [0.25, 0.3) is 0 Å².